The van der Waals surface area contributed by atoms with Gasteiger partial charge in [-0.1, -0.05) is 29.6 Å². The summed E-state index contributed by atoms with van der Waals surface area (Å²) in [5.74, 6) is 1.10. The van der Waals surface area contributed by atoms with Gasteiger partial charge >= 0.3 is 0 Å². The number of carbonyl (C=O) groups excluding carboxylic acids is 1. The highest BCUT2D eigenvalue weighted by atomic mass is 35.5. The molecule has 1 atom stereocenters. The number of piperazine rings is 1. The Balaban J connectivity index is 1.48. The molecule has 0 aliphatic carbocycles. The van der Waals surface area contributed by atoms with E-state index in [1.54, 1.807) is 42.4 Å². The van der Waals surface area contributed by atoms with E-state index in [4.69, 9.17) is 16.6 Å². The van der Waals surface area contributed by atoms with Gasteiger partial charge in [-0.3, -0.25) is 23.9 Å². The number of carbonyl (C=O) groups is 1. The van der Waals surface area contributed by atoms with Crippen LogP contribution < -0.4 is 25.4 Å². The molecule has 11 nitrogen and oxygen atoms in total. The average Bonchev–Trinajstić information content (AvgIpc) is 2.96. The quantitative estimate of drug-likeness (QED) is 0.241. The Hall–Kier alpha value is -3.90. The molecule has 3 aromatic heterocycles. The van der Waals surface area contributed by atoms with Gasteiger partial charge in [0.2, 0.25) is 5.95 Å². The van der Waals surface area contributed by atoms with Crippen molar-refractivity contribution in [2.24, 2.45) is 7.05 Å². The van der Waals surface area contributed by atoms with Crippen molar-refractivity contribution in [2.75, 3.05) is 47.6 Å². The molecule has 1 aliphatic heterocycles. The van der Waals surface area contributed by atoms with Crippen LogP contribution in [0.5, 0.6) is 0 Å². The van der Waals surface area contributed by atoms with Crippen molar-refractivity contribution in [2.45, 2.75) is 26.8 Å². The first kappa shape index (κ1) is 28.6. The Kier molecular flexibility index (Phi) is 8.32. The highest BCUT2D eigenvalue weighted by Gasteiger charge is 2.24. The lowest BCUT2D eigenvalue weighted by Gasteiger charge is -2.36. The van der Waals surface area contributed by atoms with Gasteiger partial charge in [-0.25, -0.2) is 15.0 Å². The monoisotopic (exact) mass is 593 g/mol. The SMILES string of the molecule is CSNC(=O)c1nc(Cl)ccc1NC(C)c1cc(C)cc2c(=O)n(C)c(N3CCN(c4cnc(C)cn4)CC3)nc12. The Bertz CT molecular complexity index is 1650. The molecule has 1 saturated heterocycles. The van der Waals surface area contributed by atoms with E-state index in [0.717, 1.165) is 35.7 Å². The van der Waals surface area contributed by atoms with Gasteiger partial charge in [-0.05, 0) is 44.5 Å². The molecular weight excluding hydrogens is 562 g/mol. The molecule has 0 bridgehead atoms. The number of aryl methyl sites for hydroxylation is 2. The first-order valence-corrected chi connectivity index (χ1v) is 14.8. The molecule has 0 spiro atoms. The van der Waals surface area contributed by atoms with E-state index in [-0.39, 0.29) is 28.4 Å². The summed E-state index contributed by atoms with van der Waals surface area (Å²) in [6.45, 7) is 8.67. The Labute approximate surface area is 247 Å². The summed E-state index contributed by atoms with van der Waals surface area (Å²) in [5, 5.41) is 4.17. The summed E-state index contributed by atoms with van der Waals surface area (Å²) >= 11 is 7.28. The molecular formula is C28H32ClN9O2S. The first-order valence-electron chi connectivity index (χ1n) is 13.2. The van der Waals surface area contributed by atoms with E-state index in [0.29, 0.717) is 35.6 Å². The topological polar surface area (TPSA) is 121 Å². The number of nitrogens with one attached hydrogen (secondary N) is 2. The number of halogens is 1. The van der Waals surface area contributed by atoms with Crippen molar-refractivity contribution >= 4 is 57.8 Å². The van der Waals surface area contributed by atoms with Crippen LogP contribution in [0.1, 0.15) is 40.3 Å². The van der Waals surface area contributed by atoms with E-state index in [9.17, 15) is 9.59 Å². The molecule has 1 aliphatic rings. The number of fused-ring (bicyclic) bond motifs is 1. The highest BCUT2D eigenvalue weighted by Crippen LogP contribution is 2.29. The minimum atomic E-state index is -0.353. The van der Waals surface area contributed by atoms with E-state index >= 15 is 0 Å². The van der Waals surface area contributed by atoms with Crippen molar-refractivity contribution in [3.63, 3.8) is 0 Å². The molecule has 1 aromatic carbocycles. The van der Waals surface area contributed by atoms with Gasteiger partial charge in [0, 0.05) is 45.0 Å². The van der Waals surface area contributed by atoms with Gasteiger partial charge in [0.1, 0.15) is 11.0 Å². The highest BCUT2D eigenvalue weighted by molar-refractivity contribution is 7.97. The predicted molar refractivity (Wildman–Crippen MR) is 165 cm³/mol. The average molecular weight is 594 g/mol. The van der Waals surface area contributed by atoms with Crippen LogP contribution in [-0.4, -0.2) is 62.8 Å². The molecule has 13 heteroatoms. The van der Waals surface area contributed by atoms with Gasteiger partial charge in [-0.15, -0.1) is 0 Å². The zero-order valence-electron chi connectivity index (χ0n) is 23.6. The predicted octanol–water partition coefficient (Wildman–Crippen LogP) is 3.90. The van der Waals surface area contributed by atoms with Crippen molar-refractivity contribution in [1.82, 2.24) is 29.2 Å². The van der Waals surface area contributed by atoms with Crippen molar-refractivity contribution in [3.05, 3.63) is 74.7 Å². The standard InChI is InChI=1S/C28H32ClN9O2S/c1-16-12-19(18(3)32-21-6-7-22(29)33-25(21)26(39)35-41-5)24-20(13-16)27(40)36(4)28(34-24)38-10-8-37(9-11-38)23-15-30-17(2)14-31-23/h6-7,12-15,18,32H,8-11H2,1-5H3,(H,35,39). The second kappa shape index (κ2) is 11.9. The van der Waals surface area contributed by atoms with Crippen molar-refractivity contribution in [3.8, 4) is 0 Å². The minimum Gasteiger partial charge on any atom is -0.377 e. The number of nitrogens with zero attached hydrogens (tertiary/aromatic N) is 7. The second-order valence-electron chi connectivity index (χ2n) is 10.0. The smallest absolute Gasteiger partial charge is 0.281 e. The lowest BCUT2D eigenvalue weighted by atomic mass is 10.0. The number of pyridine rings is 1. The molecule has 214 valence electrons. The third-order valence-corrected chi connectivity index (χ3v) is 7.69. The fourth-order valence-corrected chi connectivity index (χ4v) is 5.45. The molecule has 0 radical (unpaired) electrons. The third kappa shape index (κ3) is 5.94. The van der Waals surface area contributed by atoms with Crippen LogP contribution in [0, 0.1) is 13.8 Å². The molecule has 0 saturated carbocycles. The summed E-state index contributed by atoms with van der Waals surface area (Å²) in [4.78, 5) is 48.8. The molecule has 1 amide bonds. The Morgan fingerprint density at radius 2 is 1.78 bits per heavy atom. The maximum atomic E-state index is 13.6. The lowest BCUT2D eigenvalue weighted by molar-refractivity contribution is 0.0980. The fraction of sp³-hybridized carbons (Fsp3) is 0.357. The van der Waals surface area contributed by atoms with E-state index < -0.39 is 0 Å². The van der Waals surface area contributed by atoms with E-state index in [2.05, 4.69) is 34.8 Å². The van der Waals surface area contributed by atoms with Crippen molar-refractivity contribution < 1.29 is 4.79 Å². The molecule has 1 unspecified atom stereocenters. The molecule has 41 heavy (non-hydrogen) atoms. The van der Waals surface area contributed by atoms with E-state index in [1.165, 1.54) is 11.9 Å². The van der Waals surface area contributed by atoms with Gasteiger partial charge in [-0.2, -0.15) is 0 Å². The summed E-state index contributed by atoms with van der Waals surface area (Å²) in [5.41, 5.74) is 3.90. The van der Waals surface area contributed by atoms with Crippen LogP contribution in [0.15, 0.2) is 41.5 Å². The van der Waals surface area contributed by atoms with Crippen LogP contribution in [0.25, 0.3) is 10.9 Å². The van der Waals surface area contributed by atoms with Gasteiger partial charge < -0.3 is 15.1 Å². The van der Waals surface area contributed by atoms with E-state index in [1.807, 2.05) is 32.9 Å². The van der Waals surface area contributed by atoms with Gasteiger partial charge in [0.15, 0.2) is 5.69 Å². The molecule has 1 fully saturated rings. The third-order valence-electron chi connectivity index (χ3n) is 7.09. The number of hydrogen-bond acceptors (Lipinski definition) is 10. The largest absolute Gasteiger partial charge is 0.377 e. The van der Waals surface area contributed by atoms with Crippen LogP contribution in [0.2, 0.25) is 5.15 Å². The summed E-state index contributed by atoms with van der Waals surface area (Å²) < 4.78 is 4.32. The number of anilines is 3. The number of amides is 1. The summed E-state index contributed by atoms with van der Waals surface area (Å²) in [7, 11) is 1.77. The zero-order valence-corrected chi connectivity index (χ0v) is 25.2. The first-order chi connectivity index (χ1) is 19.7. The maximum absolute atomic E-state index is 13.6. The van der Waals surface area contributed by atoms with Crippen LogP contribution in [0.4, 0.5) is 17.5 Å². The van der Waals surface area contributed by atoms with Gasteiger partial charge in [0.05, 0.1) is 40.7 Å². The number of benzene rings is 1. The fourth-order valence-electron chi connectivity index (χ4n) is 5.02. The summed E-state index contributed by atoms with van der Waals surface area (Å²) in [6, 6.07) is 6.96. The van der Waals surface area contributed by atoms with Gasteiger partial charge in [0.25, 0.3) is 11.5 Å². The zero-order chi connectivity index (χ0) is 29.3. The number of hydrogen-bond donors (Lipinski definition) is 2. The minimum absolute atomic E-state index is 0.109. The van der Waals surface area contributed by atoms with Crippen molar-refractivity contribution in [1.29, 1.82) is 0 Å². The van der Waals surface area contributed by atoms with Crippen LogP contribution in [0.3, 0.4) is 0 Å². The second-order valence-corrected chi connectivity index (χ2v) is 11.0. The molecule has 2 N–H and O–H groups in total. The Morgan fingerprint density at radius 3 is 2.46 bits per heavy atom. The number of rotatable bonds is 7. The lowest BCUT2D eigenvalue weighted by Crippen LogP contribution is -2.48. The molecule has 4 aromatic rings. The summed E-state index contributed by atoms with van der Waals surface area (Å²) in [6.07, 6.45) is 5.33. The molecule has 4 heterocycles. The number of aromatic nitrogens is 5. The van der Waals surface area contributed by atoms with Crippen LogP contribution >= 0.6 is 23.5 Å². The maximum Gasteiger partial charge on any atom is 0.281 e. The Morgan fingerprint density at radius 1 is 1.05 bits per heavy atom. The van der Waals surface area contributed by atoms with Crippen LogP contribution in [-0.2, 0) is 7.05 Å². The molecule has 5 rings (SSSR count). The normalized spacial score (nSPS) is 14.3.